The molecule has 0 fully saturated rings. The van der Waals surface area contributed by atoms with E-state index in [2.05, 4.69) is 25.8 Å². The zero-order valence-electron chi connectivity index (χ0n) is 7.28. The van der Waals surface area contributed by atoms with Crippen molar-refractivity contribution in [2.75, 3.05) is 7.11 Å². The summed E-state index contributed by atoms with van der Waals surface area (Å²) in [6.07, 6.45) is 1.55. The van der Waals surface area contributed by atoms with Gasteiger partial charge in [-0.05, 0) is 28.1 Å². The summed E-state index contributed by atoms with van der Waals surface area (Å²) in [6, 6.07) is 3.31. The maximum Gasteiger partial charge on any atom is 0.337 e. The van der Waals surface area contributed by atoms with E-state index in [0.29, 0.717) is 15.6 Å². The zero-order valence-corrected chi connectivity index (χ0v) is 8.87. The second kappa shape index (κ2) is 3.42. The Morgan fingerprint density at radius 2 is 2.36 bits per heavy atom. The van der Waals surface area contributed by atoms with E-state index in [1.165, 1.54) is 7.11 Å². The minimum Gasteiger partial charge on any atom is -0.465 e. The van der Waals surface area contributed by atoms with E-state index in [-0.39, 0.29) is 5.97 Å². The van der Waals surface area contributed by atoms with Gasteiger partial charge in [0.05, 0.1) is 23.3 Å². The van der Waals surface area contributed by atoms with Gasteiger partial charge in [-0.1, -0.05) is 5.16 Å². The van der Waals surface area contributed by atoms with Gasteiger partial charge in [0, 0.05) is 5.39 Å². The van der Waals surface area contributed by atoms with Crippen LogP contribution in [0.15, 0.2) is 27.3 Å². The van der Waals surface area contributed by atoms with E-state index in [4.69, 9.17) is 4.52 Å². The first kappa shape index (κ1) is 9.21. The third-order valence-corrected chi connectivity index (χ3v) is 2.42. The van der Waals surface area contributed by atoms with Gasteiger partial charge in [-0.3, -0.25) is 0 Å². The molecule has 2 rings (SSSR count). The lowest BCUT2D eigenvalue weighted by Gasteiger charge is -1.99. The van der Waals surface area contributed by atoms with Crippen LogP contribution in [0.3, 0.4) is 0 Å². The van der Waals surface area contributed by atoms with Crippen LogP contribution in [-0.4, -0.2) is 18.2 Å². The van der Waals surface area contributed by atoms with E-state index in [1.807, 2.05) is 0 Å². The first-order chi connectivity index (χ1) is 6.72. The number of ether oxygens (including phenoxy) is 1. The van der Waals surface area contributed by atoms with Crippen LogP contribution in [0.5, 0.6) is 0 Å². The molecule has 0 spiro atoms. The smallest absolute Gasteiger partial charge is 0.337 e. The highest BCUT2D eigenvalue weighted by Crippen LogP contribution is 2.25. The van der Waals surface area contributed by atoms with Gasteiger partial charge in [0.25, 0.3) is 0 Å². The van der Waals surface area contributed by atoms with Crippen molar-refractivity contribution in [2.24, 2.45) is 0 Å². The van der Waals surface area contributed by atoms with Gasteiger partial charge in [0.2, 0.25) is 0 Å². The summed E-state index contributed by atoms with van der Waals surface area (Å²) in [5, 5.41) is 4.39. The fourth-order valence-electron chi connectivity index (χ4n) is 1.18. The van der Waals surface area contributed by atoms with Gasteiger partial charge in [-0.25, -0.2) is 4.79 Å². The standard InChI is InChI=1S/C9H6BrNO3/c1-13-9(12)5-2-6-4-11-14-8(6)7(10)3-5/h2-4H,1H3. The quantitative estimate of drug-likeness (QED) is 0.735. The Balaban J connectivity index is 2.64. The average Bonchev–Trinajstić information content (AvgIpc) is 2.64. The molecular formula is C9H6BrNO3. The predicted molar refractivity (Wildman–Crippen MR) is 53.0 cm³/mol. The summed E-state index contributed by atoms with van der Waals surface area (Å²) < 4.78 is 10.3. The van der Waals surface area contributed by atoms with Crippen LogP contribution in [0.1, 0.15) is 10.4 Å². The molecule has 2 aromatic rings. The summed E-state index contributed by atoms with van der Waals surface area (Å²) in [4.78, 5) is 11.2. The average molecular weight is 256 g/mol. The van der Waals surface area contributed by atoms with Gasteiger partial charge in [-0.15, -0.1) is 0 Å². The van der Waals surface area contributed by atoms with Gasteiger partial charge in [0.15, 0.2) is 5.58 Å². The van der Waals surface area contributed by atoms with Gasteiger partial charge >= 0.3 is 5.97 Å². The molecule has 1 aromatic heterocycles. The van der Waals surface area contributed by atoms with Crippen LogP contribution in [0.2, 0.25) is 0 Å². The molecule has 1 aromatic carbocycles. The molecule has 0 N–H and O–H groups in total. The summed E-state index contributed by atoms with van der Waals surface area (Å²) in [5.74, 6) is -0.381. The molecule has 0 unspecified atom stereocenters. The van der Waals surface area contributed by atoms with Crippen molar-refractivity contribution in [3.63, 3.8) is 0 Å². The van der Waals surface area contributed by atoms with Crippen LogP contribution < -0.4 is 0 Å². The summed E-state index contributed by atoms with van der Waals surface area (Å²) in [7, 11) is 1.34. The van der Waals surface area contributed by atoms with Crippen molar-refractivity contribution >= 4 is 32.9 Å². The predicted octanol–water partition coefficient (Wildman–Crippen LogP) is 2.38. The summed E-state index contributed by atoms with van der Waals surface area (Å²) in [5.41, 5.74) is 1.09. The van der Waals surface area contributed by atoms with Gasteiger partial charge < -0.3 is 9.26 Å². The van der Waals surface area contributed by atoms with E-state index in [0.717, 1.165) is 5.39 Å². The maximum atomic E-state index is 11.2. The van der Waals surface area contributed by atoms with Crippen molar-refractivity contribution in [3.05, 3.63) is 28.4 Å². The third-order valence-electron chi connectivity index (χ3n) is 1.83. The molecule has 0 amide bonds. The number of hydrogen-bond donors (Lipinski definition) is 0. The number of benzene rings is 1. The van der Waals surface area contributed by atoms with Crippen LogP contribution in [0, 0.1) is 0 Å². The molecule has 0 aliphatic rings. The number of carbonyl (C=O) groups is 1. The van der Waals surface area contributed by atoms with Crippen molar-refractivity contribution in [1.29, 1.82) is 0 Å². The topological polar surface area (TPSA) is 52.3 Å². The summed E-state index contributed by atoms with van der Waals surface area (Å²) in [6.45, 7) is 0. The van der Waals surface area contributed by atoms with Gasteiger partial charge in [-0.2, -0.15) is 0 Å². The lowest BCUT2D eigenvalue weighted by molar-refractivity contribution is 0.0601. The first-order valence-corrected chi connectivity index (χ1v) is 4.64. The number of nitrogens with zero attached hydrogens (tertiary/aromatic N) is 1. The molecule has 14 heavy (non-hydrogen) atoms. The molecule has 1 heterocycles. The van der Waals surface area contributed by atoms with E-state index in [1.54, 1.807) is 18.3 Å². The van der Waals surface area contributed by atoms with Crippen molar-refractivity contribution < 1.29 is 14.1 Å². The number of rotatable bonds is 1. The minimum absolute atomic E-state index is 0.381. The molecule has 0 aliphatic carbocycles. The highest BCUT2D eigenvalue weighted by molar-refractivity contribution is 9.10. The van der Waals surface area contributed by atoms with Crippen LogP contribution in [0.25, 0.3) is 11.0 Å². The zero-order chi connectivity index (χ0) is 10.1. The number of fused-ring (bicyclic) bond motifs is 1. The number of aromatic nitrogens is 1. The van der Waals surface area contributed by atoms with Crippen molar-refractivity contribution in [2.45, 2.75) is 0 Å². The Kier molecular flexibility index (Phi) is 2.25. The second-order valence-electron chi connectivity index (χ2n) is 2.69. The van der Waals surface area contributed by atoms with Crippen molar-refractivity contribution in [1.82, 2.24) is 5.16 Å². The van der Waals surface area contributed by atoms with E-state index in [9.17, 15) is 4.79 Å². The normalized spacial score (nSPS) is 10.4. The fraction of sp³-hybridized carbons (Fsp3) is 0.111. The number of halogens is 1. The second-order valence-corrected chi connectivity index (χ2v) is 3.55. The van der Waals surface area contributed by atoms with Crippen LogP contribution in [0.4, 0.5) is 0 Å². The monoisotopic (exact) mass is 255 g/mol. The Bertz CT molecular complexity index is 492. The van der Waals surface area contributed by atoms with E-state index < -0.39 is 0 Å². The number of methoxy groups -OCH3 is 1. The molecule has 0 radical (unpaired) electrons. The highest BCUT2D eigenvalue weighted by atomic mass is 79.9. The number of esters is 1. The Morgan fingerprint density at radius 3 is 3.07 bits per heavy atom. The van der Waals surface area contributed by atoms with Gasteiger partial charge in [0.1, 0.15) is 0 Å². The molecule has 0 atom stereocenters. The third kappa shape index (κ3) is 1.39. The maximum absolute atomic E-state index is 11.2. The molecule has 72 valence electrons. The van der Waals surface area contributed by atoms with Crippen LogP contribution >= 0.6 is 15.9 Å². The Morgan fingerprint density at radius 1 is 1.57 bits per heavy atom. The largest absolute Gasteiger partial charge is 0.465 e. The number of hydrogen-bond acceptors (Lipinski definition) is 4. The SMILES string of the molecule is COC(=O)c1cc(Br)c2oncc2c1. The molecule has 0 saturated carbocycles. The lowest BCUT2D eigenvalue weighted by atomic mass is 10.2. The molecule has 0 saturated heterocycles. The molecule has 4 nitrogen and oxygen atoms in total. The van der Waals surface area contributed by atoms with Crippen LogP contribution in [-0.2, 0) is 4.74 Å². The highest BCUT2D eigenvalue weighted by Gasteiger charge is 2.11. The molecule has 5 heteroatoms. The number of carbonyl (C=O) groups excluding carboxylic acids is 1. The molecule has 0 aliphatic heterocycles. The lowest BCUT2D eigenvalue weighted by Crippen LogP contribution is -2.00. The van der Waals surface area contributed by atoms with E-state index >= 15 is 0 Å². The van der Waals surface area contributed by atoms with Crippen molar-refractivity contribution in [3.8, 4) is 0 Å². The fourth-order valence-corrected chi connectivity index (χ4v) is 1.73. The molecule has 0 bridgehead atoms. The first-order valence-electron chi connectivity index (χ1n) is 3.84. The summed E-state index contributed by atoms with van der Waals surface area (Å²) >= 11 is 3.28. The minimum atomic E-state index is -0.381. The Labute approximate surface area is 88.0 Å². The molecular weight excluding hydrogens is 250 g/mol. The Hall–Kier alpha value is -1.36.